The van der Waals surface area contributed by atoms with Gasteiger partial charge in [-0.2, -0.15) is 5.10 Å². The zero-order valence-electron chi connectivity index (χ0n) is 21.5. The van der Waals surface area contributed by atoms with Crippen molar-refractivity contribution in [1.82, 2.24) is 19.7 Å². The SMILES string of the molecule is O=C(c1cc(-c2cccnc2)n(-c2cc(F)c(F)c(F)c2)n1)N1CCC2(CC1)C(=O)CCN2c1ccc(F)cc1F. The molecule has 2 aliphatic heterocycles. The average Bonchev–Trinajstić information content (AvgIpc) is 3.54. The maximum absolute atomic E-state index is 14.6. The highest BCUT2D eigenvalue weighted by Gasteiger charge is 2.51. The number of Topliss-reactive ketones (excluding diaryl/α,β-unsaturated/α-hetero) is 1. The Morgan fingerprint density at radius 2 is 1.61 bits per heavy atom. The number of halogens is 5. The van der Waals surface area contributed by atoms with Crippen LogP contribution in [0.15, 0.2) is 60.9 Å². The largest absolute Gasteiger partial charge is 0.356 e. The first kappa shape index (κ1) is 26.6. The fourth-order valence-electron chi connectivity index (χ4n) is 5.72. The van der Waals surface area contributed by atoms with Crippen LogP contribution in [0.5, 0.6) is 0 Å². The van der Waals surface area contributed by atoms with E-state index in [1.165, 1.54) is 29.4 Å². The van der Waals surface area contributed by atoms with E-state index in [9.17, 15) is 31.5 Å². The van der Waals surface area contributed by atoms with Gasteiger partial charge in [0.15, 0.2) is 28.9 Å². The van der Waals surface area contributed by atoms with E-state index < -0.39 is 40.5 Å². The molecule has 4 aromatic rings. The number of anilines is 1. The molecule has 2 saturated heterocycles. The topological polar surface area (TPSA) is 71.3 Å². The summed E-state index contributed by atoms with van der Waals surface area (Å²) in [7, 11) is 0. The first-order chi connectivity index (χ1) is 19.7. The third kappa shape index (κ3) is 4.52. The van der Waals surface area contributed by atoms with Crippen LogP contribution in [0.2, 0.25) is 0 Å². The normalized spacial score (nSPS) is 16.6. The predicted molar refractivity (Wildman–Crippen MR) is 138 cm³/mol. The van der Waals surface area contributed by atoms with Gasteiger partial charge in [-0.15, -0.1) is 0 Å². The molecule has 2 aromatic carbocycles. The Bertz CT molecular complexity index is 1640. The quantitative estimate of drug-likeness (QED) is 0.254. The molecule has 2 aliphatic rings. The summed E-state index contributed by atoms with van der Waals surface area (Å²) in [6.45, 7) is 0.580. The van der Waals surface area contributed by atoms with E-state index in [4.69, 9.17) is 0 Å². The Hall–Kier alpha value is -4.61. The van der Waals surface area contributed by atoms with Crippen LogP contribution in [-0.4, -0.2) is 56.5 Å². The number of carbonyl (C=O) groups excluding carboxylic acids is 2. The lowest BCUT2D eigenvalue weighted by molar-refractivity contribution is -0.123. The molecule has 12 heteroatoms. The standard InChI is InChI=1S/C29H22F5N5O2/c30-18-3-4-24(20(31)12-18)38-9-5-26(40)29(38)6-10-37(11-7-29)28(41)23-15-25(17-2-1-8-35-16-17)39(36-23)19-13-21(32)27(34)22(33)14-19/h1-4,8,12-16H,5-7,9-11H2. The molecule has 1 spiro atoms. The Kier molecular flexibility index (Phi) is 6.55. The minimum Gasteiger partial charge on any atom is -0.356 e. The fraction of sp³-hybridized carbons (Fsp3) is 0.241. The summed E-state index contributed by atoms with van der Waals surface area (Å²) in [6, 6.07) is 9.54. The Labute approximate surface area is 230 Å². The lowest BCUT2D eigenvalue weighted by Crippen LogP contribution is -2.57. The molecular weight excluding hydrogens is 545 g/mol. The number of pyridine rings is 1. The van der Waals surface area contributed by atoms with Crippen LogP contribution in [0, 0.1) is 29.1 Å². The van der Waals surface area contributed by atoms with Gasteiger partial charge in [-0.25, -0.2) is 26.6 Å². The summed E-state index contributed by atoms with van der Waals surface area (Å²) in [4.78, 5) is 33.8. The number of carbonyl (C=O) groups is 2. The van der Waals surface area contributed by atoms with Gasteiger partial charge in [0, 0.05) is 62.2 Å². The van der Waals surface area contributed by atoms with Crippen LogP contribution in [0.1, 0.15) is 29.8 Å². The molecule has 0 N–H and O–H groups in total. The minimum atomic E-state index is -1.63. The minimum absolute atomic E-state index is 0.0378. The zero-order valence-corrected chi connectivity index (χ0v) is 21.5. The lowest BCUT2D eigenvalue weighted by Gasteiger charge is -2.44. The van der Waals surface area contributed by atoms with E-state index in [2.05, 4.69) is 10.1 Å². The van der Waals surface area contributed by atoms with E-state index in [-0.39, 0.29) is 61.7 Å². The van der Waals surface area contributed by atoms with Crippen molar-refractivity contribution in [2.45, 2.75) is 24.8 Å². The number of rotatable bonds is 4. The fourth-order valence-corrected chi connectivity index (χ4v) is 5.72. The second kappa shape index (κ2) is 10.1. The molecule has 2 aromatic heterocycles. The van der Waals surface area contributed by atoms with Crippen LogP contribution in [0.25, 0.3) is 16.9 Å². The van der Waals surface area contributed by atoms with Gasteiger partial charge in [-0.3, -0.25) is 14.6 Å². The van der Waals surface area contributed by atoms with Crippen molar-refractivity contribution in [1.29, 1.82) is 0 Å². The smallest absolute Gasteiger partial charge is 0.274 e. The molecular formula is C29H22F5N5O2. The molecule has 0 unspecified atom stereocenters. The Morgan fingerprint density at radius 3 is 2.27 bits per heavy atom. The molecule has 0 atom stereocenters. The van der Waals surface area contributed by atoms with Gasteiger partial charge in [0.1, 0.15) is 17.2 Å². The third-order valence-electron chi connectivity index (χ3n) is 7.78. The summed E-state index contributed by atoms with van der Waals surface area (Å²) < 4.78 is 71.1. The van der Waals surface area contributed by atoms with Gasteiger partial charge in [-0.1, -0.05) is 0 Å². The Balaban J connectivity index is 1.30. The third-order valence-corrected chi connectivity index (χ3v) is 7.78. The number of hydrogen-bond donors (Lipinski definition) is 0. The maximum Gasteiger partial charge on any atom is 0.274 e. The summed E-state index contributed by atoms with van der Waals surface area (Å²) in [5.41, 5.74) is -0.275. The van der Waals surface area contributed by atoms with E-state index in [0.717, 1.165) is 28.9 Å². The van der Waals surface area contributed by atoms with Crippen molar-refractivity contribution >= 4 is 17.4 Å². The predicted octanol–water partition coefficient (Wildman–Crippen LogP) is 5.08. The summed E-state index contributed by atoms with van der Waals surface area (Å²) >= 11 is 0. The molecule has 7 nitrogen and oxygen atoms in total. The van der Waals surface area contributed by atoms with Gasteiger partial charge >= 0.3 is 0 Å². The van der Waals surface area contributed by atoms with Crippen molar-refractivity contribution in [2.24, 2.45) is 0 Å². The average molecular weight is 568 g/mol. The molecule has 4 heterocycles. The molecule has 6 rings (SSSR count). The number of amides is 1. The number of likely N-dealkylation sites (tertiary alicyclic amines) is 1. The summed E-state index contributed by atoms with van der Waals surface area (Å²) in [6.07, 6.45) is 3.66. The maximum atomic E-state index is 14.6. The molecule has 0 radical (unpaired) electrons. The van der Waals surface area contributed by atoms with Gasteiger partial charge in [0.05, 0.1) is 17.1 Å². The number of benzene rings is 2. The number of ketones is 1. The monoisotopic (exact) mass is 567 g/mol. The van der Waals surface area contributed by atoms with Gasteiger partial charge in [-0.05, 0) is 43.2 Å². The molecule has 210 valence electrons. The van der Waals surface area contributed by atoms with Crippen molar-refractivity contribution in [3.05, 3.63) is 95.7 Å². The number of aromatic nitrogens is 3. The van der Waals surface area contributed by atoms with E-state index in [1.54, 1.807) is 17.0 Å². The number of nitrogens with zero attached hydrogens (tertiary/aromatic N) is 5. The second-order valence-electron chi connectivity index (χ2n) is 10.0. The van der Waals surface area contributed by atoms with Crippen LogP contribution in [0.3, 0.4) is 0 Å². The van der Waals surface area contributed by atoms with Crippen LogP contribution in [0.4, 0.5) is 27.6 Å². The first-order valence-corrected chi connectivity index (χ1v) is 12.9. The van der Waals surface area contributed by atoms with Gasteiger partial charge in [0.25, 0.3) is 5.91 Å². The van der Waals surface area contributed by atoms with E-state index >= 15 is 0 Å². The molecule has 0 bridgehead atoms. The van der Waals surface area contributed by atoms with Crippen molar-refractivity contribution < 1.29 is 31.5 Å². The highest BCUT2D eigenvalue weighted by molar-refractivity contribution is 5.97. The van der Waals surface area contributed by atoms with E-state index in [0.29, 0.717) is 11.3 Å². The zero-order chi connectivity index (χ0) is 28.9. The van der Waals surface area contributed by atoms with Crippen molar-refractivity contribution in [2.75, 3.05) is 24.5 Å². The van der Waals surface area contributed by atoms with Gasteiger partial charge in [0.2, 0.25) is 0 Å². The summed E-state index contributed by atoms with van der Waals surface area (Å²) in [5, 5.41) is 4.31. The lowest BCUT2D eigenvalue weighted by atomic mass is 9.83. The number of hydrogen-bond acceptors (Lipinski definition) is 5. The Morgan fingerprint density at radius 1 is 0.878 bits per heavy atom. The number of piperidine rings is 1. The van der Waals surface area contributed by atoms with E-state index in [1.807, 2.05) is 0 Å². The first-order valence-electron chi connectivity index (χ1n) is 12.9. The van der Waals surface area contributed by atoms with Gasteiger partial charge < -0.3 is 9.80 Å². The molecule has 0 aliphatic carbocycles. The molecule has 41 heavy (non-hydrogen) atoms. The molecule has 1 amide bonds. The molecule has 0 saturated carbocycles. The highest BCUT2D eigenvalue weighted by atomic mass is 19.2. The molecule has 2 fully saturated rings. The van der Waals surface area contributed by atoms with Crippen LogP contribution in [-0.2, 0) is 4.79 Å². The highest BCUT2D eigenvalue weighted by Crippen LogP contribution is 2.40. The van der Waals surface area contributed by atoms with Crippen LogP contribution < -0.4 is 4.90 Å². The second-order valence-corrected chi connectivity index (χ2v) is 10.0. The van der Waals surface area contributed by atoms with Crippen molar-refractivity contribution in [3.8, 4) is 16.9 Å². The van der Waals surface area contributed by atoms with Crippen LogP contribution >= 0.6 is 0 Å². The van der Waals surface area contributed by atoms with Crippen molar-refractivity contribution in [3.63, 3.8) is 0 Å². The summed E-state index contributed by atoms with van der Waals surface area (Å²) in [5.74, 6) is -6.50.